The van der Waals surface area contributed by atoms with E-state index in [-0.39, 0.29) is 11.9 Å². The zero-order valence-electron chi connectivity index (χ0n) is 15.0. The number of amides is 1. The molecule has 0 saturated heterocycles. The first-order valence-corrected chi connectivity index (χ1v) is 9.60. The summed E-state index contributed by atoms with van der Waals surface area (Å²) in [6, 6.07) is 8.61. The Labute approximate surface area is 149 Å². The maximum atomic E-state index is 12.1. The lowest BCUT2D eigenvalue weighted by atomic mass is 10.0. The number of para-hydroxylation sites is 1. The normalized spacial score (nSPS) is 11.2. The Morgan fingerprint density at radius 2 is 1.96 bits per heavy atom. The summed E-state index contributed by atoms with van der Waals surface area (Å²) >= 11 is 1.48. The molecule has 0 bridgehead atoms. The monoisotopic (exact) mass is 345 g/mol. The van der Waals surface area contributed by atoms with Gasteiger partial charge in [-0.3, -0.25) is 9.36 Å². The second-order valence-electron chi connectivity index (χ2n) is 6.16. The van der Waals surface area contributed by atoms with Gasteiger partial charge in [0.2, 0.25) is 5.91 Å². The summed E-state index contributed by atoms with van der Waals surface area (Å²) in [5.41, 5.74) is 2.41. The number of nitrogens with one attached hydrogen (secondary N) is 1. The molecular weight excluding hydrogens is 318 g/mol. The Bertz CT molecular complexity index is 662. The van der Waals surface area contributed by atoms with E-state index in [4.69, 9.17) is 0 Å². The van der Waals surface area contributed by atoms with Crippen LogP contribution in [0.25, 0.3) is 5.69 Å². The van der Waals surface area contributed by atoms with Crippen molar-refractivity contribution in [3.8, 4) is 5.69 Å². The van der Waals surface area contributed by atoms with Crippen molar-refractivity contribution in [1.82, 2.24) is 14.9 Å². The van der Waals surface area contributed by atoms with Gasteiger partial charge in [0, 0.05) is 18.4 Å². The molecule has 0 aliphatic heterocycles. The predicted octanol–water partition coefficient (Wildman–Crippen LogP) is 4.39. The Kier molecular flexibility index (Phi) is 6.91. The highest BCUT2D eigenvalue weighted by Crippen LogP contribution is 2.27. The van der Waals surface area contributed by atoms with Crippen LogP contribution < -0.4 is 5.32 Å². The summed E-state index contributed by atoms with van der Waals surface area (Å²) in [6.45, 7) is 8.56. The van der Waals surface area contributed by atoms with E-state index < -0.39 is 0 Å². The highest BCUT2D eigenvalue weighted by molar-refractivity contribution is 7.99. The molecule has 5 heteroatoms. The number of aromatic nitrogens is 2. The quantitative estimate of drug-likeness (QED) is 0.722. The van der Waals surface area contributed by atoms with E-state index in [1.54, 1.807) is 6.20 Å². The molecule has 0 aliphatic carbocycles. The van der Waals surface area contributed by atoms with E-state index in [0.717, 1.165) is 23.7 Å². The minimum absolute atomic E-state index is 0.0698. The molecule has 0 saturated carbocycles. The van der Waals surface area contributed by atoms with Crippen LogP contribution in [-0.4, -0.2) is 27.3 Å². The molecule has 24 heavy (non-hydrogen) atoms. The second-order valence-corrected chi connectivity index (χ2v) is 7.11. The number of thioether (sulfide) groups is 1. The van der Waals surface area contributed by atoms with Crippen molar-refractivity contribution >= 4 is 17.7 Å². The fraction of sp³-hybridized carbons (Fsp3) is 0.474. The van der Waals surface area contributed by atoms with Crippen molar-refractivity contribution in [3.63, 3.8) is 0 Å². The number of hydrogen-bond acceptors (Lipinski definition) is 3. The van der Waals surface area contributed by atoms with Gasteiger partial charge in [-0.1, -0.05) is 57.7 Å². The molecule has 1 aromatic heterocycles. The summed E-state index contributed by atoms with van der Waals surface area (Å²) in [5.74, 6) is 0.886. The molecule has 130 valence electrons. The van der Waals surface area contributed by atoms with Gasteiger partial charge in [-0.05, 0) is 30.4 Å². The van der Waals surface area contributed by atoms with E-state index in [1.807, 2.05) is 12.3 Å². The van der Waals surface area contributed by atoms with E-state index in [9.17, 15) is 4.79 Å². The lowest BCUT2D eigenvalue weighted by Crippen LogP contribution is -2.35. The van der Waals surface area contributed by atoms with Gasteiger partial charge >= 0.3 is 0 Å². The van der Waals surface area contributed by atoms with Crippen LogP contribution in [-0.2, 0) is 4.79 Å². The van der Waals surface area contributed by atoms with Gasteiger partial charge < -0.3 is 5.32 Å². The Balaban J connectivity index is 2.10. The molecule has 0 radical (unpaired) electrons. The third-order valence-electron chi connectivity index (χ3n) is 4.11. The minimum atomic E-state index is 0.0698. The lowest BCUT2D eigenvalue weighted by molar-refractivity contribution is -0.119. The highest BCUT2D eigenvalue weighted by Gasteiger charge is 2.14. The van der Waals surface area contributed by atoms with E-state index in [2.05, 4.69) is 60.8 Å². The Morgan fingerprint density at radius 3 is 2.62 bits per heavy atom. The van der Waals surface area contributed by atoms with Crippen LogP contribution in [0.4, 0.5) is 0 Å². The number of rotatable bonds is 8. The summed E-state index contributed by atoms with van der Waals surface area (Å²) in [6.07, 6.45) is 5.67. The molecular formula is C19H27N3OS. The van der Waals surface area contributed by atoms with Crippen molar-refractivity contribution in [2.75, 3.05) is 5.75 Å². The van der Waals surface area contributed by atoms with Gasteiger partial charge in [0.1, 0.15) is 0 Å². The van der Waals surface area contributed by atoms with Crippen LogP contribution in [0.15, 0.2) is 41.8 Å². The van der Waals surface area contributed by atoms with E-state index in [0.29, 0.717) is 11.7 Å². The number of carbonyl (C=O) groups excluding carboxylic acids is 1. The number of hydrogen-bond donors (Lipinski definition) is 1. The zero-order chi connectivity index (χ0) is 17.5. The van der Waals surface area contributed by atoms with Gasteiger partial charge in [0.25, 0.3) is 0 Å². The van der Waals surface area contributed by atoms with Gasteiger partial charge in [0.05, 0.1) is 11.4 Å². The first-order valence-electron chi connectivity index (χ1n) is 8.61. The van der Waals surface area contributed by atoms with Crippen LogP contribution in [0.2, 0.25) is 0 Å². The van der Waals surface area contributed by atoms with Gasteiger partial charge in [-0.25, -0.2) is 4.98 Å². The van der Waals surface area contributed by atoms with Crippen LogP contribution >= 0.6 is 11.8 Å². The summed E-state index contributed by atoms with van der Waals surface area (Å²) in [5, 5.41) is 3.92. The van der Waals surface area contributed by atoms with Crippen LogP contribution in [0.3, 0.4) is 0 Å². The zero-order valence-corrected chi connectivity index (χ0v) is 15.8. The van der Waals surface area contributed by atoms with E-state index in [1.165, 1.54) is 17.3 Å². The highest BCUT2D eigenvalue weighted by atomic mass is 32.2. The fourth-order valence-electron chi connectivity index (χ4n) is 2.67. The maximum Gasteiger partial charge on any atom is 0.230 e. The van der Waals surface area contributed by atoms with Crippen molar-refractivity contribution in [3.05, 3.63) is 42.2 Å². The first kappa shape index (κ1) is 18.6. The van der Waals surface area contributed by atoms with Gasteiger partial charge in [-0.2, -0.15) is 0 Å². The molecule has 0 fully saturated rings. The maximum absolute atomic E-state index is 12.1. The molecule has 2 rings (SSSR count). The number of carbonyl (C=O) groups is 1. The largest absolute Gasteiger partial charge is 0.353 e. The van der Waals surface area contributed by atoms with Crippen molar-refractivity contribution in [1.29, 1.82) is 0 Å². The molecule has 2 aromatic rings. The third kappa shape index (κ3) is 4.63. The number of benzene rings is 1. The summed E-state index contributed by atoms with van der Waals surface area (Å²) < 4.78 is 2.07. The lowest BCUT2D eigenvalue weighted by Gasteiger charge is -2.16. The van der Waals surface area contributed by atoms with Crippen molar-refractivity contribution < 1.29 is 4.79 Å². The molecule has 1 aromatic carbocycles. The first-order chi connectivity index (χ1) is 11.6. The summed E-state index contributed by atoms with van der Waals surface area (Å²) in [4.78, 5) is 16.6. The molecule has 4 nitrogen and oxygen atoms in total. The standard InChI is InChI=1S/C19H27N3OS/c1-5-15(6-2)21-18(23)13-24-19-20-11-12-22(19)17-10-8-7-9-16(17)14(3)4/h7-12,14-15H,5-6,13H2,1-4H3,(H,21,23). The van der Waals surface area contributed by atoms with Crippen molar-refractivity contribution in [2.45, 2.75) is 57.7 Å². The predicted molar refractivity (Wildman–Crippen MR) is 101 cm³/mol. The Hall–Kier alpha value is -1.75. The molecule has 1 heterocycles. The third-order valence-corrected chi connectivity index (χ3v) is 5.07. The number of imidazole rings is 1. The van der Waals surface area contributed by atoms with Gasteiger partial charge in [0.15, 0.2) is 5.16 Å². The molecule has 0 spiro atoms. The smallest absolute Gasteiger partial charge is 0.230 e. The topological polar surface area (TPSA) is 46.9 Å². The number of nitrogens with zero attached hydrogens (tertiary/aromatic N) is 2. The molecule has 0 aliphatic rings. The molecule has 1 N–H and O–H groups in total. The average molecular weight is 346 g/mol. The van der Waals surface area contributed by atoms with Crippen LogP contribution in [0.1, 0.15) is 52.0 Å². The van der Waals surface area contributed by atoms with Gasteiger partial charge in [-0.15, -0.1) is 0 Å². The SMILES string of the molecule is CCC(CC)NC(=O)CSc1nccn1-c1ccccc1C(C)C. The van der Waals surface area contributed by atoms with Crippen molar-refractivity contribution in [2.24, 2.45) is 0 Å². The molecule has 1 amide bonds. The molecule has 0 atom stereocenters. The molecule has 0 unspecified atom stereocenters. The van der Waals surface area contributed by atoms with Crippen LogP contribution in [0.5, 0.6) is 0 Å². The fourth-order valence-corrected chi connectivity index (χ4v) is 3.44. The minimum Gasteiger partial charge on any atom is -0.353 e. The average Bonchev–Trinajstić information content (AvgIpc) is 3.06. The second kappa shape index (κ2) is 8.92. The summed E-state index contributed by atoms with van der Waals surface area (Å²) in [7, 11) is 0. The Morgan fingerprint density at radius 1 is 1.25 bits per heavy atom. The van der Waals surface area contributed by atoms with E-state index >= 15 is 0 Å². The van der Waals surface area contributed by atoms with Crippen LogP contribution in [0, 0.1) is 0 Å².